The van der Waals surface area contributed by atoms with Crippen LogP contribution in [0.3, 0.4) is 0 Å². The minimum Gasteiger partial charge on any atom is -0.480 e. The number of rotatable bonds is 2. The van der Waals surface area contributed by atoms with Gasteiger partial charge in [0.1, 0.15) is 6.04 Å². The highest BCUT2D eigenvalue weighted by Crippen LogP contribution is 2.24. The third kappa shape index (κ3) is 2.92. The normalized spacial score (nSPS) is 22.6. The number of aliphatic carboxylic acids is 1. The third-order valence-electron chi connectivity index (χ3n) is 3.67. The first-order valence-corrected chi connectivity index (χ1v) is 6.69. The lowest BCUT2D eigenvalue weighted by Crippen LogP contribution is -2.51. The van der Waals surface area contributed by atoms with E-state index in [0.29, 0.717) is 30.3 Å². The van der Waals surface area contributed by atoms with Crippen LogP contribution < -0.4 is 5.32 Å². The Labute approximate surface area is 117 Å². The summed E-state index contributed by atoms with van der Waals surface area (Å²) in [7, 11) is 1.77. The third-order valence-corrected chi connectivity index (χ3v) is 3.67. The number of carboxylic acid groups (broad SMARTS) is 1. The van der Waals surface area contributed by atoms with E-state index in [4.69, 9.17) is 0 Å². The van der Waals surface area contributed by atoms with E-state index in [-0.39, 0.29) is 6.03 Å². The molecule has 2 heterocycles. The number of nitrogens with zero attached hydrogens (tertiary/aromatic N) is 3. The van der Waals surface area contributed by atoms with Crippen LogP contribution in [0.25, 0.3) is 0 Å². The summed E-state index contributed by atoms with van der Waals surface area (Å²) in [5, 5.41) is 16.1. The number of anilines is 1. The van der Waals surface area contributed by atoms with Gasteiger partial charge in [-0.3, -0.25) is 4.68 Å². The maximum Gasteiger partial charge on any atom is 0.326 e. The quantitative estimate of drug-likeness (QED) is 0.858. The summed E-state index contributed by atoms with van der Waals surface area (Å²) >= 11 is 0. The second-order valence-corrected chi connectivity index (χ2v) is 5.41. The SMILES string of the molecule is Cc1nn(C)cc1NC(=O)N1CCC(C)CC1C(=O)O. The van der Waals surface area contributed by atoms with Crippen LogP contribution in [0.15, 0.2) is 6.20 Å². The lowest BCUT2D eigenvalue weighted by atomic mass is 9.93. The molecule has 7 heteroatoms. The number of aromatic nitrogens is 2. The first-order chi connectivity index (χ1) is 9.38. The Hall–Kier alpha value is -2.05. The summed E-state index contributed by atoms with van der Waals surface area (Å²) in [4.78, 5) is 25.0. The number of carbonyl (C=O) groups is 2. The number of piperidine rings is 1. The van der Waals surface area contributed by atoms with Crippen LogP contribution in [-0.4, -0.2) is 44.4 Å². The highest BCUT2D eigenvalue weighted by atomic mass is 16.4. The maximum atomic E-state index is 12.3. The van der Waals surface area contributed by atoms with Crippen LogP contribution in [0.4, 0.5) is 10.5 Å². The number of carbonyl (C=O) groups excluding carboxylic acids is 1. The summed E-state index contributed by atoms with van der Waals surface area (Å²) in [6.07, 6.45) is 3.02. The van der Waals surface area contributed by atoms with E-state index < -0.39 is 12.0 Å². The molecule has 0 radical (unpaired) electrons. The second-order valence-electron chi connectivity index (χ2n) is 5.41. The molecule has 1 aromatic heterocycles. The van der Waals surface area contributed by atoms with Gasteiger partial charge in [-0.05, 0) is 25.7 Å². The first kappa shape index (κ1) is 14.4. The van der Waals surface area contributed by atoms with Crippen molar-refractivity contribution in [1.82, 2.24) is 14.7 Å². The van der Waals surface area contributed by atoms with Gasteiger partial charge in [0.25, 0.3) is 0 Å². The van der Waals surface area contributed by atoms with E-state index in [0.717, 1.165) is 6.42 Å². The fraction of sp³-hybridized carbons (Fsp3) is 0.615. The fourth-order valence-corrected chi connectivity index (χ4v) is 2.53. The first-order valence-electron chi connectivity index (χ1n) is 6.69. The summed E-state index contributed by atoms with van der Waals surface area (Å²) in [5.41, 5.74) is 1.32. The van der Waals surface area contributed by atoms with Crippen molar-refractivity contribution >= 4 is 17.7 Å². The van der Waals surface area contributed by atoms with Crippen LogP contribution in [-0.2, 0) is 11.8 Å². The second kappa shape index (κ2) is 5.52. The van der Waals surface area contributed by atoms with Gasteiger partial charge in [0.05, 0.1) is 11.4 Å². The Kier molecular flexibility index (Phi) is 3.96. The van der Waals surface area contributed by atoms with Gasteiger partial charge in [0, 0.05) is 19.8 Å². The van der Waals surface area contributed by atoms with E-state index in [1.807, 2.05) is 6.92 Å². The Morgan fingerprint density at radius 1 is 1.50 bits per heavy atom. The lowest BCUT2D eigenvalue weighted by molar-refractivity contribution is -0.143. The number of urea groups is 1. The maximum absolute atomic E-state index is 12.3. The highest BCUT2D eigenvalue weighted by molar-refractivity contribution is 5.92. The molecule has 1 saturated heterocycles. The van der Waals surface area contributed by atoms with E-state index in [1.54, 1.807) is 24.9 Å². The van der Waals surface area contributed by atoms with Crippen molar-refractivity contribution in [3.63, 3.8) is 0 Å². The Morgan fingerprint density at radius 2 is 2.20 bits per heavy atom. The van der Waals surface area contributed by atoms with Crippen molar-refractivity contribution in [2.24, 2.45) is 13.0 Å². The monoisotopic (exact) mass is 280 g/mol. The van der Waals surface area contributed by atoms with E-state index in [1.165, 1.54) is 4.90 Å². The molecular weight excluding hydrogens is 260 g/mol. The molecule has 2 amide bonds. The van der Waals surface area contributed by atoms with Crippen molar-refractivity contribution in [3.05, 3.63) is 11.9 Å². The number of amides is 2. The number of hydrogen-bond donors (Lipinski definition) is 2. The highest BCUT2D eigenvalue weighted by Gasteiger charge is 2.35. The molecule has 0 bridgehead atoms. The topological polar surface area (TPSA) is 87.5 Å². The molecule has 1 aromatic rings. The molecule has 0 saturated carbocycles. The average molecular weight is 280 g/mol. The Balaban J connectivity index is 2.11. The van der Waals surface area contributed by atoms with Gasteiger partial charge in [-0.2, -0.15) is 5.10 Å². The van der Waals surface area contributed by atoms with Crippen LogP contribution in [0.2, 0.25) is 0 Å². The van der Waals surface area contributed by atoms with Gasteiger partial charge in [-0.25, -0.2) is 9.59 Å². The molecule has 0 spiro atoms. The Bertz CT molecular complexity index is 526. The molecule has 7 nitrogen and oxygen atoms in total. The molecule has 0 aliphatic carbocycles. The fourth-order valence-electron chi connectivity index (χ4n) is 2.53. The number of nitrogens with one attached hydrogen (secondary N) is 1. The van der Waals surface area contributed by atoms with E-state index in [2.05, 4.69) is 10.4 Å². The minimum absolute atomic E-state index is 0.320. The number of carboxylic acids is 1. The van der Waals surface area contributed by atoms with Crippen LogP contribution in [0.1, 0.15) is 25.5 Å². The molecule has 1 aliphatic heterocycles. The van der Waals surface area contributed by atoms with Crippen molar-refractivity contribution in [2.75, 3.05) is 11.9 Å². The van der Waals surface area contributed by atoms with Gasteiger partial charge in [0.2, 0.25) is 0 Å². The largest absolute Gasteiger partial charge is 0.480 e. The van der Waals surface area contributed by atoms with Gasteiger partial charge in [0.15, 0.2) is 0 Å². The van der Waals surface area contributed by atoms with Crippen molar-refractivity contribution < 1.29 is 14.7 Å². The molecule has 110 valence electrons. The smallest absolute Gasteiger partial charge is 0.326 e. The predicted molar refractivity (Wildman–Crippen MR) is 73.5 cm³/mol. The summed E-state index contributed by atoms with van der Waals surface area (Å²) < 4.78 is 1.61. The zero-order valence-electron chi connectivity index (χ0n) is 12.0. The molecule has 2 N–H and O–H groups in total. The Morgan fingerprint density at radius 3 is 2.75 bits per heavy atom. The summed E-state index contributed by atoms with van der Waals surface area (Å²) in [6.45, 7) is 4.27. The van der Waals surface area contributed by atoms with E-state index >= 15 is 0 Å². The van der Waals surface area contributed by atoms with Gasteiger partial charge < -0.3 is 15.3 Å². The van der Waals surface area contributed by atoms with Gasteiger partial charge >= 0.3 is 12.0 Å². The van der Waals surface area contributed by atoms with Crippen molar-refractivity contribution in [2.45, 2.75) is 32.7 Å². The average Bonchev–Trinajstić information content (AvgIpc) is 2.67. The number of likely N-dealkylation sites (tertiary alicyclic amines) is 1. The molecule has 1 fully saturated rings. The number of aryl methyl sites for hydroxylation is 2. The molecular formula is C13H20N4O3. The molecule has 1 aliphatic rings. The van der Waals surface area contributed by atoms with Gasteiger partial charge in [-0.1, -0.05) is 6.92 Å². The molecule has 20 heavy (non-hydrogen) atoms. The van der Waals surface area contributed by atoms with Crippen LogP contribution >= 0.6 is 0 Å². The summed E-state index contributed by atoms with van der Waals surface area (Å²) in [6, 6.07) is -1.13. The predicted octanol–water partition coefficient (Wildman–Crippen LogP) is 1.45. The molecule has 2 atom stereocenters. The zero-order chi connectivity index (χ0) is 14.9. The van der Waals surface area contributed by atoms with Gasteiger partial charge in [-0.15, -0.1) is 0 Å². The van der Waals surface area contributed by atoms with E-state index in [9.17, 15) is 14.7 Å². The molecule has 2 unspecified atom stereocenters. The summed E-state index contributed by atoms with van der Waals surface area (Å²) in [5.74, 6) is -0.630. The standard InChI is InChI=1S/C13H20N4O3/c1-8-4-5-17(11(6-8)12(18)19)13(20)14-10-7-16(3)15-9(10)2/h7-8,11H,4-6H2,1-3H3,(H,14,20)(H,18,19). The van der Waals surface area contributed by atoms with Crippen molar-refractivity contribution in [3.8, 4) is 0 Å². The molecule has 0 aromatic carbocycles. The number of hydrogen-bond acceptors (Lipinski definition) is 3. The van der Waals surface area contributed by atoms with Crippen LogP contribution in [0, 0.1) is 12.8 Å². The van der Waals surface area contributed by atoms with Crippen molar-refractivity contribution in [1.29, 1.82) is 0 Å². The zero-order valence-corrected chi connectivity index (χ0v) is 12.0. The molecule has 2 rings (SSSR count). The van der Waals surface area contributed by atoms with Crippen LogP contribution in [0.5, 0.6) is 0 Å². The minimum atomic E-state index is -0.949. The lowest BCUT2D eigenvalue weighted by Gasteiger charge is -2.35.